The lowest BCUT2D eigenvalue weighted by Crippen LogP contribution is -2.28. The van der Waals surface area contributed by atoms with Crippen LogP contribution in [0.5, 0.6) is 11.5 Å². The summed E-state index contributed by atoms with van der Waals surface area (Å²) in [4.78, 5) is 26.0. The zero-order valence-corrected chi connectivity index (χ0v) is 24.0. The molecule has 4 rings (SSSR count). The summed E-state index contributed by atoms with van der Waals surface area (Å²) in [6, 6.07) is 15.1. The van der Waals surface area contributed by atoms with E-state index in [0.29, 0.717) is 33.3 Å². The Hall–Kier alpha value is -4.04. The summed E-state index contributed by atoms with van der Waals surface area (Å²) >= 11 is 0. The van der Waals surface area contributed by atoms with E-state index in [1.165, 1.54) is 11.7 Å². The quantitative estimate of drug-likeness (QED) is 0.266. The first-order valence-electron chi connectivity index (χ1n) is 12.3. The van der Waals surface area contributed by atoms with Crippen LogP contribution >= 0.6 is 8.03 Å². The van der Waals surface area contributed by atoms with Gasteiger partial charge in [-0.05, 0) is 84.0 Å². The number of hydrogen-bond acceptors (Lipinski definition) is 8. The average Bonchev–Trinajstić information content (AvgIpc) is 3.46. The van der Waals surface area contributed by atoms with E-state index in [4.69, 9.17) is 18.7 Å². The van der Waals surface area contributed by atoms with Gasteiger partial charge in [0.25, 0.3) is 8.03 Å². The van der Waals surface area contributed by atoms with E-state index in [-0.39, 0.29) is 5.75 Å². The van der Waals surface area contributed by atoms with Gasteiger partial charge in [-0.3, -0.25) is 9.13 Å². The third-order valence-corrected chi connectivity index (χ3v) is 6.61. The molecule has 0 radical (unpaired) electrons. The Kier molecular flexibility index (Phi) is 7.61. The van der Waals surface area contributed by atoms with Gasteiger partial charge in [0.15, 0.2) is 0 Å². The molecule has 0 saturated heterocycles. The van der Waals surface area contributed by atoms with Gasteiger partial charge in [-0.1, -0.05) is 12.1 Å². The highest BCUT2D eigenvalue weighted by Crippen LogP contribution is 2.36. The van der Waals surface area contributed by atoms with Crippen molar-refractivity contribution < 1.29 is 32.9 Å². The lowest BCUT2D eigenvalue weighted by Gasteiger charge is -2.20. The van der Waals surface area contributed by atoms with Crippen LogP contribution in [0.4, 0.5) is 9.59 Å². The van der Waals surface area contributed by atoms with E-state index in [0.717, 1.165) is 4.68 Å². The van der Waals surface area contributed by atoms with Gasteiger partial charge in [-0.2, -0.15) is 9.78 Å². The van der Waals surface area contributed by atoms with E-state index < -0.39 is 31.4 Å². The molecule has 0 aliphatic rings. The third kappa shape index (κ3) is 6.34. The van der Waals surface area contributed by atoms with Crippen LogP contribution in [-0.4, -0.2) is 44.8 Å². The number of fused-ring (bicyclic) bond motifs is 1. The normalized spacial score (nSPS) is 12.7. The fraction of sp³-hybridized carbons (Fsp3) is 0.321. The minimum absolute atomic E-state index is 0.289. The number of carbonyl (C=O) groups is 2. The molecule has 11 heteroatoms. The minimum Gasteiger partial charge on any atom is -0.496 e. The highest BCUT2D eigenvalue weighted by molar-refractivity contribution is 7.49. The fourth-order valence-corrected chi connectivity index (χ4v) is 4.88. The predicted octanol–water partition coefficient (Wildman–Crippen LogP) is 6.26. The summed E-state index contributed by atoms with van der Waals surface area (Å²) in [6.07, 6.45) is 0.268. The lowest BCUT2D eigenvalue weighted by molar-refractivity contribution is 0.0520. The second-order valence-electron chi connectivity index (χ2n) is 10.8. The molecule has 39 heavy (non-hydrogen) atoms. The Morgan fingerprint density at radius 1 is 0.872 bits per heavy atom. The molecule has 0 spiro atoms. The Morgan fingerprint density at radius 3 is 2.21 bits per heavy atom. The van der Waals surface area contributed by atoms with Gasteiger partial charge in [0, 0.05) is 11.6 Å². The number of hydrogen-bond donors (Lipinski definition) is 0. The van der Waals surface area contributed by atoms with Gasteiger partial charge in [-0.25, -0.2) is 9.59 Å². The molecule has 0 bridgehead atoms. The maximum atomic E-state index is 13.1. The molecule has 2 aromatic heterocycles. The molecule has 0 fully saturated rings. The first-order chi connectivity index (χ1) is 18.3. The second kappa shape index (κ2) is 10.6. The molecule has 0 saturated carbocycles. The Balaban J connectivity index is 1.82. The van der Waals surface area contributed by atoms with Crippen molar-refractivity contribution in [3.63, 3.8) is 0 Å². The molecule has 206 valence electrons. The molecule has 0 aliphatic heterocycles. The minimum atomic E-state index is -2.74. The van der Waals surface area contributed by atoms with E-state index in [1.807, 2.05) is 0 Å². The Morgan fingerprint density at radius 2 is 1.54 bits per heavy atom. The molecule has 10 nitrogen and oxygen atoms in total. The lowest BCUT2D eigenvalue weighted by atomic mass is 10.1. The van der Waals surface area contributed by atoms with Gasteiger partial charge < -0.3 is 18.7 Å². The average molecular weight is 554 g/mol. The monoisotopic (exact) mass is 553 g/mol. The maximum absolute atomic E-state index is 13.1. The van der Waals surface area contributed by atoms with E-state index in [9.17, 15) is 14.2 Å². The molecular formula is C28H32N3O7P. The van der Waals surface area contributed by atoms with Gasteiger partial charge in [0.05, 0.1) is 23.6 Å². The highest BCUT2D eigenvalue weighted by atomic mass is 31.1. The van der Waals surface area contributed by atoms with Crippen LogP contribution in [0.15, 0.2) is 60.8 Å². The smallest absolute Gasteiger partial charge is 0.435 e. The zero-order valence-electron chi connectivity index (χ0n) is 23.0. The Bertz CT molecular complexity index is 1560. The number of methoxy groups -OCH3 is 1. The van der Waals surface area contributed by atoms with Crippen molar-refractivity contribution in [2.24, 2.45) is 0 Å². The van der Waals surface area contributed by atoms with Crippen LogP contribution in [0.25, 0.3) is 22.3 Å². The molecule has 2 heterocycles. The van der Waals surface area contributed by atoms with Crippen LogP contribution in [-0.2, 0) is 14.0 Å². The predicted molar refractivity (Wildman–Crippen MR) is 149 cm³/mol. The molecule has 0 amide bonds. The van der Waals surface area contributed by atoms with Crippen LogP contribution in [0.1, 0.15) is 41.5 Å². The van der Waals surface area contributed by atoms with Crippen molar-refractivity contribution in [1.82, 2.24) is 14.3 Å². The van der Waals surface area contributed by atoms with Gasteiger partial charge in [0.1, 0.15) is 28.4 Å². The molecule has 0 N–H and O–H groups in total. The first kappa shape index (κ1) is 28.0. The number of para-hydroxylation sites is 1. The summed E-state index contributed by atoms with van der Waals surface area (Å²) in [5.41, 5.74) is -0.354. The summed E-state index contributed by atoms with van der Waals surface area (Å²) < 4.78 is 37.8. The van der Waals surface area contributed by atoms with Crippen molar-refractivity contribution >= 4 is 36.4 Å². The van der Waals surface area contributed by atoms with Crippen molar-refractivity contribution in [3.05, 3.63) is 60.8 Å². The first-order valence-corrected chi connectivity index (χ1v) is 13.6. The number of rotatable bonds is 5. The summed E-state index contributed by atoms with van der Waals surface area (Å²) in [5, 5.41) is 5.45. The van der Waals surface area contributed by atoms with Crippen molar-refractivity contribution in [3.8, 4) is 22.9 Å². The second-order valence-corrected chi connectivity index (χ2v) is 12.1. The molecular weight excluding hydrogens is 521 g/mol. The number of nitrogens with zero attached hydrogens (tertiary/aromatic N) is 3. The zero-order chi connectivity index (χ0) is 28.5. The van der Waals surface area contributed by atoms with Crippen LogP contribution in [0.2, 0.25) is 0 Å². The van der Waals surface area contributed by atoms with Gasteiger partial charge in [-0.15, -0.1) is 0 Å². The van der Waals surface area contributed by atoms with Crippen molar-refractivity contribution in [1.29, 1.82) is 0 Å². The van der Waals surface area contributed by atoms with Gasteiger partial charge >= 0.3 is 12.2 Å². The SMILES string of the molecule is COc1ccccc1[PH](=O)Oc1ccc2c(c1)c(-c1cccn1C(=O)OC(C)(C)C)nn2C(=O)OC(C)(C)C. The van der Waals surface area contributed by atoms with Crippen molar-refractivity contribution in [2.45, 2.75) is 52.7 Å². The van der Waals surface area contributed by atoms with E-state index in [2.05, 4.69) is 5.10 Å². The van der Waals surface area contributed by atoms with Crippen LogP contribution in [0.3, 0.4) is 0 Å². The van der Waals surface area contributed by atoms with Crippen molar-refractivity contribution in [2.75, 3.05) is 7.11 Å². The standard InChI is InChI=1S/C28H32N3O7P/c1-27(2,3)36-25(32)30-16-10-11-21(30)24-19-17-18(38-39(34)23-13-9-8-12-22(23)35-7)14-15-20(19)31(29-24)26(33)37-28(4,5)6/h8-17,39H,1-7H3. The van der Waals surface area contributed by atoms with Crippen LogP contribution < -0.4 is 14.6 Å². The molecule has 2 aromatic carbocycles. The maximum Gasteiger partial charge on any atom is 0.435 e. The number of aromatic nitrogens is 3. The fourth-order valence-electron chi connectivity index (χ4n) is 3.81. The largest absolute Gasteiger partial charge is 0.496 e. The summed E-state index contributed by atoms with van der Waals surface area (Å²) in [6.45, 7) is 10.6. The molecule has 1 atom stereocenters. The molecule has 0 aliphatic carbocycles. The topological polar surface area (TPSA) is 111 Å². The van der Waals surface area contributed by atoms with Crippen LogP contribution in [0, 0.1) is 0 Å². The number of carbonyl (C=O) groups excluding carboxylic acids is 2. The number of ether oxygens (including phenoxy) is 3. The van der Waals surface area contributed by atoms with Gasteiger partial charge in [0.2, 0.25) is 0 Å². The summed E-state index contributed by atoms with van der Waals surface area (Å²) in [7, 11) is -1.25. The van der Waals surface area contributed by atoms with E-state index >= 15 is 0 Å². The molecule has 4 aromatic rings. The van der Waals surface area contributed by atoms with E-state index in [1.54, 1.807) is 102 Å². The molecule has 1 unspecified atom stereocenters. The number of benzene rings is 2. The summed E-state index contributed by atoms with van der Waals surface area (Å²) in [5.74, 6) is 0.744. The third-order valence-electron chi connectivity index (χ3n) is 5.34. The Labute approximate surface area is 227 Å². The highest BCUT2D eigenvalue weighted by Gasteiger charge is 2.26.